The highest BCUT2D eigenvalue weighted by Crippen LogP contribution is 2.28. The van der Waals surface area contributed by atoms with Gasteiger partial charge in [-0.25, -0.2) is 0 Å². The molecular formula is C12H13F3N2O2. The molecule has 1 aromatic carbocycles. The average molecular weight is 274 g/mol. The molecule has 1 heterocycles. The number of fused-ring (bicyclic) bond motifs is 1. The van der Waals surface area contributed by atoms with Crippen molar-refractivity contribution < 1.29 is 22.7 Å². The molecule has 0 radical (unpaired) electrons. The Bertz CT molecular complexity index is 475. The molecule has 1 aromatic rings. The molecule has 0 spiro atoms. The second-order valence-electron chi connectivity index (χ2n) is 4.21. The first-order valence-corrected chi connectivity index (χ1v) is 5.77. The van der Waals surface area contributed by atoms with Gasteiger partial charge in [0.1, 0.15) is 5.75 Å². The van der Waals surface area contributed by atoms with Crippen LogP contribution >= 0.6 is 0 Å². The van der Waals surface area contributed by atoms with Crippen LogP contribution in [0.5, 0.6) is 5.75 Å². The maximum absolute atomic E-state index is 11.9. The van der Waals surface area contributed by atoms with Crippen molar-refractivity contribution in [1.29, 1.82) is 0 Å². The highest BCUT2D eigenvalue weighted by Gasteiger charge is 2.25. The van der Waals surface area contributed by atoms with Crippen molar-refractivity contribution >= 4 is 11.6 Å². The summed E-state index contributed by atoms with van der Waals surface area (Å²) in [5, 5.41) is 5.35. The van der Waals surface area contributed by atoms with Crippen molar-refractivity contribution in [3.63, 3.8) is 0 Å². The Kier molecular flexibility index (Phi) is 3.94. The van der Waals surface area contributed by atoms with Gasteiger partial charge >= 0.3 is 6.18 Å². The number of nitrogens with one attached hydrogen (secondary N) is 2. The second kappa shape index (κ2) is 5.48. The Hall–Kier alpha value is -1.76. The van der Waals surface area contributed by atoms with Crippen LogP contribution in [0.2, 0.25) is 0 Å². The van der Waals surface area contributed by atoms with E-state index in [1.54, 1.807) is 18.2 Å². The Morgan fingerprint density at radius 1 is 1.37 bits per heavy atom. The molecule has 0 aliphatic carbocycles. The van der Waals surface area contributed by atoms with Gasteiger partial charge in [0.2, 0.25) is 0 Å². The minimum Gasteiger partial charge on any atom is -0.482 e. The molecule has 1 aliphatic heterocycles. The van der Waals surface area contributed by atoms with Gasteiger partial charge in [-0.05, 0) is 17.7 Å². The molecule has 2 N–H and O–H groups in total. The lowest BCUT2D eigenvalue weighted by Gasteiger charge is -2.18. The van der Waals surface area contributed by atoms with Crippen LogP contribution in [0.3, 0.4) is 0 Å². The van der Waals surface area contributed by atoms with Crippen molar-refractivity contribution in [2.75, 3.05) is 18.5 Å². The van der Waals surface area contributed by atoms with E-state index in [1.807, 2.05) is 0 Å². The normalized spacial score (nSPS) is 14.6. The summed E-state index contributed by atoms with van der Waals surface area (Å²) in [6.07, 6.45) is -5.01. The van der Waals surface area contributed by atoms with Crippen LogP contribution in [-0.2, 0) is 11.3 Å². The maximum atomic E-state index is 11.9. The molecular weight excluding hydrogens is 261 g/mol. The Morgan fingerprint density at radius 3 is 2.89 bits per heavy atom. The summed E-state index contributed by atoms with van der Waals surface area (Å²) < 4.78 is 41.0. The minimum atomic E-state index is -4.15. The molecule has 1 aliphatic rings. The predicted octanol–water partition coefficient (Wildman–Crippen LogP) is 2.06. The second-order valence-corrected chi connectivity index (χ2v) is 4.21. The third-order valence-electron chi connectivity index (χ3n) is 2.59. The summed E-state index contributed by atoms with van der Waals surface area (Å²) in [5.74, 6) is 0.327. The number of carbonyl (C=O) groups excluding carboxylic acids is 1. The van der Waals surface area contributed by atoms with Crippen molar-refractivity contribution in [2.45, 2.75) is 19.1 Å². The molecule has 19 heavy (non-hydrogen) atoms. The molecule has 0 bridgehead atoms. The van der Waals surface area contributed by atoms with Gasteiger partial charge in [-0.3, -0.25) is 4.79 Å². The van der Waals surface area contributed by atoms with E-state index in [1.165, 1.54) is 0 Å². The predicted molar refractivity (Wildman–Crippen MR) is 62.9 cm³/mol. The molecule has 0 saturated heterocycles. The van der Waals surface area contributed by atoms with Gasteiger partial charge in [0.05, 0.1) is 12.1 Å². The molecule has 0 fully saturated rings. The van der Waals surface area contributed by atoms with Gasteiger partial charge in [-0.15, -0.1) is 0 Å². The molecule has 104 valence electrons. The molecule has 7 heteroatoms. The molecule has 0 saturated carbocycles. The van der Waals surface area contributed by atoms with Crippen molar-refractivity contribution in [1.82, 2.24) is 5.32 Å². The summed E-state index contributed by atoms with van der Waals surface area (Å²) in [7, 11) is 0. The number of rotatable bonds is 4. The largest absolute Gasteiger partial charge is 0.482 e. The molecule has 4 nitrogen and oxygen atoms in total. The van der Waals surface area contributed by atoms with Gasteiger partial charge in [-0.2, -0.15) is 13.2 Å². The monoisotopic (exact) mass is 274 g/mol. The third kappa shape index (κ3) is 4.13. The molecule has 2 rings (SSSR count). The number of anilines is 1. The summed E-state index contributed by atoms with van der Waals surface area (Å²) >= 11 is 0. The number of hydrogen-bond acceptors (Lipinski definition) is 3. The third-order valence-corrected chi connectivity index (χ3v) is 2.59. The number of ether oxygens (including phenoxy) is 1. The van der Waals surface area contributed by atoms with Crippen LogP contribution in [-0.4, -0.2) is 25.2 Å². The van der Waals surface area contributed by atoms with Crippen LogP contribution in [0.4, 0.5) is 18.9 Å². The summed E-state index contributed by atoms with van der Waals surface area (Å²) in [6.45, 7) is 0.152. The van der Waals surface area contributed by atoms with E-state index in [0.717, 1.165) is 5.56 Å². The number of benzene rings is 1. The van der Waals surface area contributed by atoms with Gasteiger partial charge in [-0.1, -0.05) is 6.07 Å². The zero-order valence-corrected chi connectivity index (χ0v) is 10.0. The number of alkyl halides is 3. The molecule has 0 unspecified atom stereocenters. The van der Waals surface area contributed by atoms with Gasteiger partial charge in [0.25, 0.3) is 5.91 Å². The Balaban J connectivity index is 1.88. The summed E-state index contributed by atoms with van der Waals surface area (Å²) in [6, 6.07) is 5.12. The number of amides is 1. The SMILES string of the molecule is O=C1COc2ccc(CNCCC(F)(F)F)cc2N1. The van der Waals surface area contributed by atoms with E-state index >= 15 is 0 Å². The number of halogens is 3. The quantitative estimate of drug-likeness (QED) is 0.826. The first kappa shape index (κ1) is 13.7. The highest BCUT2D eigenvalue weighted by atomic mass is 19.4. The van der Waals surface area contributed by atoms with E-state index in [4.69, 9.17) is 4.74 Å². The fraction of sp³-hybridized carbons (Fsp3) is 0.417. The van der Waals surface area contributed by atoms with Gasteiger partial charge in [0.15, 0.2) is 6.61 Å². The average Bonchev–Trinajstić information content (AvgIpc) is 2.33. The lowest BCUT2D eigenvalue weighted by molar-refractivity contribution is -0.133. The van der Waals surface area contributed by atoms with E-state index < -0.39 is 12.6 Å². The lowest BCUT2D eigenvalue weighted by atomic mass is 10.1. The van der Waals surface area contributed by atoms with E-state index in [9.17, 15) is 18.0 Å². The van der Waals surface area contributed by atoms with Crippen LogP contribution in [0.1, 0.15) is 12.0 Å². The maximum Gasteiger partial charge on any atom is 0.390 e. The fourth-order valence-corrected chi connectivity index (χ4v) is 1.70. The van der Waals surface area contributed by atoms with Crippen molar-refractivity contribution in [3.05, 3.63) is 23.8 Å². The molecule has 0 aromatic heterocycles. The first-order chi connectivity index (χ1) is 8.94. The van der Waals surface area contributed by atoms with E-state index in [0.29, 0.717) is 18.0 Å². The van der Waals surface area contributed by atoms with Crippen molar-refractivity contribution in [3.8, 4) is 5.75 Å². The smallest absolute Gasteiger partial charge is 0.390 e. The molecule has 0 atom stereocenters. The summed E-state index contributed by atoms with van der Waals surface area (Å²) in [4.78, 5) is 11.1. The van der Waals surface area contributed by atoms with E-state index in [-0.39, 0.29) is 19.1 Å². The van der Waals surface area contributed by atoms with E-state index in [2.05, 4.69) is 10.6 Å². The lowest BCUT2D eigenvalue weighted by Crippen LogP contribution is -2.26. The van der Waals surface area contributed by atoms with Gasteiger partial charge < -0.3 is 15.4 Å². The molecule has 1 amide bonds. The van der Waals surface area contributed by atoms with Crippen LogP contribution in [0.25, 0.3) is 0 Å². The number of carbonyl (C=O) groups is 1. The van der Waals surface area contributed by atoms with Crippen LogP contribution in [0.15, 0.2) is 18.2 Å². The highest BCUT2D eigenvalue weighted by molar-refractivity contribution is 5.95. The summed E-state index contributed by atoms with van der Waals surface area (Å²) in [5.41, 5.74) is 1.33. The van der Waals surface area contributed by atoms with Crippen molar-refractivity contribution in [2.24, 2.45) is 0 Å². The van der Waals surface area contributed by atoms with Crippen LogP contribution in [0, 0.1) is 0 Å². The zero-order valence-electron chi connectivity index (χ0n) is 10.0. The number of hydrogen-bond donors (Lipinski definition) is 2. The fourth-order valence-electron chi connectivity index (χ4n) is 1.70. The van der Waals surface area contributed by atoms with Crippen LogP contribution < -0.4 is 15.4 Å². The topological polar surface area (TPSA) is 50.4 Å². The Morgan fingerprint density at radius 2 is 2.16 bits per heavy atom. The standard InChI is InChI=1S/C12H13F3N2O2/c13-12(14,15)3-4-16-6-8-1-2-10-9(5-8)17-11(18)7-19-10/h1-2,5,16H,3-4,6-7H2,(H,17,18). The van der Waals surface area contributed by atoms with Gasteiger partial charge in [0, 0.05) is 13.1 Å². The Labute approximate surface area is 107 Å². The minimum absolute atomic E-state index is 0.0177. The zero-order chi connectivity index (χ0) is 13.9. The first-order valence-electron chi connectivity index (χ1n) is 5.77.